The number of nitrogens with one attached hydrogen (secondary N) is 1. The van der Waals surface area contributed by atoms with Gasteiger partial charge in [-0.1, -0.05) is 6.07 Å². The number of benzene rings is 1. The molecular formula is C9H10N2SZn. The van der Waals surface area contributed by atoms with Crippen LogP contribution in [0.2, 0.25) is 0 Å². The first-order chi connectivity index (χ1) is 5.68. The summed E-state index contributed by atoms with van der Waals surface area (Å²) in [6.07, 6.45) is 0. The van der Waals surface area contributed by atoms with Crippen LogP contribution in [-0.4, -0.2) is 9.97 Å². The van der Waals surface area contributed by atoms with E-state index in [0.717, 1.165) is 11.0 Å². The predicted octanol–water partition coefficient (Wildman–Crippen LogP) is 2.47. The first-order valence-electron chi connectivity index (χ1n) is 3.83. The van der Waals surface area contributed by atoms with Gasteiger partial charge in [0.05, 0.1) is 11.0 Å². The molecule has 0 radical (unpaired) electrons. The van der Waals surface area contributed by atoms with Gasteiger partial charge < -0.3 is 4.98 Å². The summed E-state index contributed by atoms with van der Waals surface area (Å²) in [5, 5.41) is 0.679. The van der Waals surface area contributed by atoms with Crippen molar-refractivity contribution < 1.29 is 19.5 Å². The standard InChI is InChI=1S/C9H10N2S.Zn/c1-5-3-4-7-8(6(5)2)11-9(12)10-7;/h3-4H,1-2H3,(H2,10,11,12);. The van der Waals surface area contributed by atoms with Crippen molar-refractivity contribution >= 4 is 23.7 Å². The Morgan fingerprint density at radius 2 is 2.00 bits per heavy atom. The Morgan fingerprint density at radius 3 is 2.69 bits per heavy atom. The predicted molar refractivity (Wildman–Crippen MR) is 52.8 cm³/mol. The molecule has 1 heterocycles. The number of thiol groups is 1. The minimum absolute atomic E-state index is 0. The Labute approximate surface area is 95.3 Å². The number of hydrogen-bond acceptors (Lipinski definition) is 2. The molecule has 0 fully saturated rings. The van der Waals surface area contributed by atoms with E-state index in [0.29, 0.717) is 5.16 Å². The Morgan fingerprint density at radius 1 is 1.31 bits per heavy atom. The molecule has 4 heteroatoms. The second-order valence-corrected chi connectivity index (χ2v) is 3.39. The normalized spacial score (nSPS) is 10.1. The van der Waals surface area contributed by atoms with Crippen LogP contribution in [0.4, 0.5) is 0 Å². The summed E-state index contributed by atoms with van der Waals surface area (Å²) >= 11 is 4.16. The number of aromatic nitrogens is 2. The fourth-order valence-electron chi connectivity index (χ4n) is 1.31. The zero-order valence-corrected chi connectivity index (χ0v) is 11.6. The molecule has 0 spiro atoms. The number of imidazole rings is 1. The molecule has 1 N–H and O–H groups in total. The van der Waals surface area contributed by atoms with Crippen molar-refractivity contribution in [2.45, 2.75) is 19.0 Å². The van der Waals surface area contributed by atoms with Crippen molar-refractivity contribution in [3.05, 3.63) is 23.3 Å². The molecule has 2 nitrogen and oxygen atoms in total. The van der Waals surface area contributed by atoms with Gasteiger partial charge in [-0.3, -0.25) is 0 Å². The summed E-state index contributed by atoms with van der Waals surface area (Å²) in [7, 11) is 0. The van der Waals surface area contributed by atoms with Gasteiger partial charge in [0.2, 0.25) is 0 Å². The van der Waals surface area contributed by atoms with Crippen LogP contribution >= 0.6 is 12.6 Å². The van der Waals surface area contributed by atoms with Gasteiger partial charge >= 0.3 is 0 Å². The molecule has 0 amide bonds. The van der Waals surface area contributed by atoms with Crippen LogP contribution in [0.25, 0.3) is 11.0 Å². The number of rotatable bonds is 0. The monoisotopic (exact) mass is 242 g/mol. The molecule has 0 unspecified atom stereocenters. The Balaban J connectivity index is 0.000000845. The molecule has 0 aliphatic carbocycles. The third kappa shape index (κ3) is 1.79. The van der Waals surface area contributed by atoms with Crippen LogP contribution in [0.1, 0.15) is 11.1 Å². The average Bonchev–Trinajstić information content (AvgIpc) is 2.39. The summed E-state index contributed by atoms with van der Waals surface area (Å²) < 4.78 is 0. The van der Waals surface area contributed by atoms with Crippen molar-refractivity contribution in [1.29, 1.82) is 0 Å². The van der Waals surface area contributed by atoms with E-state index in [4.69, 9.17) is 0 Å². The Kier molecular flexibility index (Phi) is 3.15. The summed E-state index contributed by atoms with van der Waals surface area (Å²) in [4.78, 5) is 7.34. The molecule has 13 heavy (non-hydrogen) atoms. The van der Waals surface area contributed by atoms with Gasteiger partial charge in [0.1, 0.15) is 0 Å². The van der Waals surface area contributed by atoms with E-state index in [2.05, 4.69) is 42.5 Å². The molecule has 2 rings (SSSR count). The number of H-pyrrole nitrogens is 1. The van der Waals surface area contributed by atoms with E-state index in [-0.39, 0.29) is 19.5 Å². The second-order valence-electron chi connectivity index (χ2n) is 2.96. The maximum atomic E-state index is 4.22. The van der Waals surface area contributed by atoms with Gasteiger partial charge in [-0.15, -0.1) is 12.6 Å². The molecule has 64 valence electrons. The Bertz CT molecular complexity index is 436. The number of fused-ring (bicyclic) bond motifs is 1. The topological polar surface area (TPSA) is 28.7 Å². The SMILES string of the molecule is Cc1ccc2nc(S)[nH]c2c1C.[Zn]. The summed E-state index contributed by atoms with van der Waals surface area (Å²) in [5.41, 5.74) is 4.61. The second kappa shape index (κ2) is 3.81. The van der Waals surface area contributed by atoms with Crippen molar-refractivity contribution in [3.8, 4) is 0 Å². The largest absolute Gasteiger partial charge is 0.333 e. The smallest absolute Gasteiger partial charge is 0.163 e. The number of nitrogens with zero attached hydrogens (tertiary/aromatic N) is 1. The zero-order chi connectivity index (χ0) is 8.72. The number of hydrogen-bond donors (Lipinski definition) is 2. The number of aromatic amines is 1. The quantitative estimate of drug-likeness (QED) is 0.540. The van der Waals surface area contributed by atoms with E-state index in [1.165, 1.54) is 11.1 Å². The van der Waals surface area contributed by atoms with Crippen molar-refractivity contribution in [2.24, 2.45) is 0 Å². The minimum Gasteiger partial charge on any atom is -0.333 e. The van der Waals surface area contributed by atoms with E-state index >= 15 is 0 Å². The summed E-state index contributed by atoms with van der Waals surface area (Å²) in [6.45, 7) is 4.18. The molecule has 0 saturated heterocycles. The van der Waals surface area contributed by atoms with Gasteiger partial charge in [0, 0.05) is 19.5 Å². The fourth-order valence-corrected chi connectivity index (χ4v) is 1.53. The first kappa shape index (κ1) is 10.7. The Hall–Kier alpha value is -0.337. The van der Waals surface area contributed by atoms with Crippen molar-refractivity contribution in [2.75, 3.05) is 0 Å². The molecule has 0 aliphatic rings. The van der Waals surface area contributed by atoms with Crippen molar-refractivity contribution in [1.82, 2.24) is 9.97 Å². The van der Waals surface area contributed by atoms with Gasteiger partial charge in [0.15, 0.2) is 5.16 Å². The van der Waals surface area contributed by atoms with E-state index in [1.54, 1.807) is 0 Å². The van der Waals surface area contributed by atoms with Gasteiger partial charge in [-0.05, 0) is 31.0 Å². The average molecular weight is 244 g/mol. The van der Waals surface area contributed by atoms with Crippen molar-refractivity contribution in [3.63, 3.8) is 0 Å². The van der Waals surface area contributed by atoms with E-state index in [9.17, 15) is 0 Å². The van der Waals surface area contributed by atoms with E-state index < -0.39 is 0 Å². The molecule has 1 aromatic carbocycles. The van der Waals surface area contributed by atoms with Crippen LogP contribution in [0.3, 0.4) is 0 Å². The van der Waals surface area contributed by atoms with Crippen LogP contribution in [-0.2, 0) is 19.5 Å². The third-order valence-electron chi connectivity index (χ3n) is 2.18. The maximum Gasteiger partial charge on any atom is 0.163 e. The fraction of sp³-hybridized carbons (Fsp3) is 0.222. The summed E-state index contributed by atoms with van der Waals surface area (Å²) in [6, 6.07) is 4.08. The zero-order valence-electron chi connectivity index (χ0n) is 7.76. The molecule has 0 bridgehead atoms. The molecule has 0 aliphatic heterocycles. The van der Waals surface area contributed by atoms with Crippen LogP contribution < -0.4 is 0 Å². The molecule has 0 saturated carbocycles. The molecule has 1 aromatic heterocycles. The van der Waals surface area contributed by atoms with E-state index in [1.807, 2.05) is 6.07 Å². The molecular weight excluding hydrogens is 234 g/mol. The minimum atomic E-state index is 0. The maximum absolute atomic E-state index is 4.22. The van der Waals surface area contributed by atoms with Crippen LogP contribution in [0.5, 0.6) is 0 Å². The van der Waals surface area contributed by atoms with Crippen LogP contribution in [0.15, 0.2) is 17.3 Å². The number of aryl methyl sites for hydroxylation is 2. The van der Waals surface area contributed by atoms with Crippen LogP contribution in [0, 0.1) is 13.8 Å². The summed E-state index contributed by atoms with van der Waals surface area (Å²) in [5.74, 6) is 0. The van der Waals surface area contributed by atoms with Gasteiger partial charge in [-0.2, -0.15) is 0 Å². The molecule has 0 atom stereocenters. The first-order valence-corrected chi connectivity index (χ1v) is 4.28. The van der Waals surface area contributed by atoms with Gasteiger partial charge in [-0.25, -0.2) is 4.98 Å². The third-order valence-corrected chi connectivity index (χ3v) is 2.39. The molecule has 2 aromatic rings. The van der Waals surface area contributed by atoms with Gasteiger partial charge in [0.25, 0.3) is 0 Å².